The molecule has 1 fully saturated rings. The Hall–Kier alpha value is -2.45. The van der Waals surface area contributed by atoms with Crippen molar-refractivity contribution in [2.75, 3.05) is 50.1 Å². The average molecular weight is 389 g/mol. The van der Waals surface area contributed by atoms with Crippen LogP contribution in [-0.2, 0) is 9.84 Å². The molecule has 1 atom stereocenters. The Morgan fingerprint density at radius 1 is 1.15 bits per heavy atom. The van der Waals surface area contributed by atoms with Crippen LogP contribution in [0.2, 0.25) is 0 Å². The lowest BCUT2D eigenvalue weighted by Crippen LogP contribution is -2.44. The van der Waals surface area contributed by atoms with Gasteiger partial charge >= 0.3 is 0 Å². The summed E-state index contributed by atoms with van der Waals surface area (Å²) in [5.74, 6) is 1.27. The van der Waals surface area contributed by atoms with Crippen LogP contribution in [-0.4, -0.2) is 53.7 Å². The Labute approximate surface area is 159 Å². The summed E-state index contributed by atoms with van der Waals surface area (Å²) in [5, 5.41) is 6.54. The number of nitrogens with one attached hydrogen (secondary N) is 2. The molecule has 2 aliphatic rings. The van der Waals surface area contributed by atoms with E-state index in [1.807, 2.05) is 12.1 Å². The molecule has 0 aliphatic carbocycles. The number of benzene rings is 2. The number of hydrogen-bond acceptors (Lipinski definition) is 7. The first-order chi connectivity index (χ1) is 13.1. The smallest absolute Gasteiger partial charge is 0.220 e. The minimum atomic E-state index is -3.61. The number of methoxy groups -OCH3 is 1. The van der Waals surface area contributed by atoms with E-state index < -0.39 is 15.3 Å². The molecule has 7 nitrogen and oxygen atoms in total. The lowest BCUT2D eigenvalue weighted by atomic mass is 10.1. The number of hydrogen-bond donors (Lipinski definition) is 2. The summed E-state index contributed by atoms with van der Waals surface area (Å²) in [6.07, 6.45) is 0. The van der Waals surface area contributed by atoms with Gasteiger partial charge in [-0.05, 0) is 12.1 Å². The summed E-state index contributed by atoms with van der Waals surface area (Å²) in [5.41, 5.74) is 0.621. The molecule has 2 N–H and O–H groups in total. The number of piperazine rings is 1. The second-order valence-electron chi connectivity index (χ2n) is 6.55. The Kier molecular flexibility index (Phi) is 4.84. The van der Waals surface area contributed by atoms with Gasteiger partial charge in [-0.2, -0.15) is 0 Å². The van der Waals surface area contributed by atoms with Gasteiger partial charge in [-0.3, -0.25) is 0 Å². The van der Waals surface area contributed by atoms with Crippen LogP contribution in [0.5, 0.6) is 11.5 Å². The highest BCUT2D eigenvalue weighted by molar-refractivity contribution is 7.92. The zero-order valence-corrected chi connectivity index (χ0v) is 16.0. The van der Waals surface area contributed by atoms with Crippen LogP contribution in [0.4, 0.5) is 11.4 Å². The van der Waals surface area contributed by atoms with E-state index in [4.69, 9.17) is 9.47 Å². The lowest BCUT2D eigenvalue weighted by molar-refractivity contribution is 0.275. The Morgan fingerprint density at radius 2 is 1.89 bits per heavy atom. The van der Waals surface area contributed by atoms with E-state index in [0.717, 1.165) is 37.6 Å². The molecule has 4 rings (SSSR count). The quantitative estimate of drug-likeness (QED) is 0.824. The number of nitrogens with zero attached hydrogens (tertiary/aromatic N) is 1. The van der Waals surface area contributed by atoms with Crippen molar-refractivity contribution in [3.8, 4) is 11.5 Å². The monoisotopic (exact) mass is 389 g/mol. The van der Waals surface area contributed by atoms with Crippen molar-refractivity contribution in [3.63, 3.8) is 0 Å². The summed E-state index contributed by atoms with van der Waals surface area (Å²) >= 11 is 0. The molecule has 0 bridgehead atoms. The molecule has 2 heterocycles. The number of anilines is 2. The molecule has 0 spiro atoms. The largest absolute Gasteiger partial charge is 0.497 e. The zero-order valence-electron chi connectivity index (χ0n) is 15.1. The van der Waals surface area contributed by atoms with Gasteiger partial charge in [0.25, 0.3) is 0 Å². The summed E-state index contributed by atoms with van der Waals surface area (Å²) in [7, 11) is -1.99. The number of fused-ring (bicyclic) bond motifs is 1. The molecule has 1 saturated heterocycles. The van der Waals surface area contributed by atoms with E-state index in [1.165, 1.54) is 0 Å². The van der Waals surface area contributed by atoms with Gasteiger partial charge in [-0.15, -0.1) is 0 Å². The van der Waals surface area contributed by atoms with E-state index in [9.17, 15) is 8.42 Å². The first kappa shape index (κ1) is 17.9. The molecular weight excluding hydrogens is 366 g/mol. The number of sulfone groups is 1. The van der Waals surface area contributed by atoms with Crippen LogP contribution in [0, 0.1) is 0 Å². The summed E-state index contributed by atoms with van der Waals surface area (Å²) in [6, 6.07) is 12.2. The normalized spacial score (nSPS) is 19.6. The third-order valence-electron chi connectivity index (χ3n) is 4.86. The third-order valence-corrected chi connectivity index (χ3v) is 6.75. The van der Waals surface area contributed by atoms with Gasteiger partial charge in [0.05, 0.1) is 29.9 Å². The highest BCUT2D eigenvalue weighted by atomic mass is 32.2. The van der Waals surface area contributed by atoms with Crippen LogP contribution in [0.3, 0.4) is 0 Å². The second kappa shape index (κ2) is 7.28. The molecule has 144 valence electrons. The average Bonchev–Trinajstić information content (AvgIpc) is 2.73. The topological polar surface area (TPSA) is 79.9 Å². The molecular formula is C19H23N3O4S. The molecule has 8 heteroatoms. The Balaban J connectivity index is 1.71. The molecule has 27 heavy (non-hydrogen) atoms. The van der Waals surface area contributed by atoms with E-state index >= 15 is 0 Å². The van der Waals surface area contributed by atoms with Gasteiger partial charge < -0.3 is 25.0 Å². The van der Waals surface area contributed by atoms with Crippen LogP contribution in [0.15, 0.2) is 47.4 Å². The second-order valence-corrected chi connectivity index (χ2v) is 8.63. The van der Waals surface area contributed by atoms with Crippen LogP contribution < -0.4 is 25.0 Å². The molecule has 0 amide bonds. The fourth-order valence-corrected chi connectivity index (χ4v) is 4.77. The van der Waals surface area contributed by atoms with E-state index in [-0.39, 0.29) is 11.4 Å². The predicted molar refractivity (Wildman–Crippen MR) is 105 cm³/mol. The van der Waals surface area contributed by atoms with Crippen molar-refractivity contribution in [3.05, 3.63) is 42.5 Å². The highest BCUT2D eigenvalue weighted by Crippen LogP contribution is 2.43. The van der Waals surface area contributed by atoms with E-state index in [2.05, 4.69) is 15.5 Å². The first-order valence-electron chi connectivity index (χ1n) is 8.97. The van der Waals surface area contributed by atoms with Gasteiger partial charge in [0.2, 0.25) is 15.3 Å². The molecule has 2 aliphatic heterocycles. The minimum absolute atomic E-state index is 0.179. The van der Waals surface area contributed by atoms with Crippen molar-refractivity contribution < 1.29 is 17.9 Å². The molecule has 0 aromatic heterocycles. The molecule has 2 aromatic rings. The summed E-state index contributed by atoms with van der Waals surface area (Å²) in [4.78, 5) is 2.45. The molecule has 0 saturated carbocycles. The zero-order chi connectivity index (χ0) is 18.9. The van der Waals surface area contributed by atoms with Crippen LogP contribution >= 0.6 is 0 Å². The van der Waals surface area contributed by atoms with Crippen LogP contribution in [0.1, 0.15) is 0 Å². The summed E-state index contributed by atoms with van der Waals surface area (Å²) < 4.78 is 37.5. The maximum Gasteiger partial charge on any atom is 0.220 e. The van der Waals surface area contributed by atoms with Gasteiger partial charge in [0.1, 0.15) is 5.75 Å². The van der Waals surface area contributed by atoms with E-state index in [1.54, 1.807) is 37.4 Å². The van der Waals surface area contributed by atoms with Crippen molar-refractivity contribution in [2.45, 2.75) is 10.3 Å². The maximum atomic E-state index is 13.0. The molecule has 0 radical (unpaired) electrons. The van der Waals surface area contributed by atoms with Crippen molar-refractivity contribution in [1.82, 2.24) is 5.32 Å². The Morgan fingerprint density at radius 3 is 2.59 bits per heavy atom. The maximum absolute atomic E-state index is 13.0. The fraction of sp³-hybridized carbons (Fsp3) is 0.368. The van der Waals surface area contributed by atoms with Gasteiger partial charge in [0, 0.05) is 38.3 Å². The van der Waals surface area contributed by atoms with Crippen molar-refractivity contribution in [1.29, 1.82) is 0 Å². The van der Waals surface area contributed by atoms with Crippen molar-refractivity contribution >= 4 is 21.2 Å². The SMILES string of the molecule is COc1cc2c(c(N3CCNCC3)c1)OC(S(=O)(=O)c1ccccc1)CN2. The minimum Gasteiger partial charge on any atom is -0.497 e. The lowest BCUT2D eigenvalue weighted by Gasteiger charge is -2.35. The molecule has 1 unspecified atom stereocenters. The predicted octanol–water partition coefficient (Wildman–Crippen LogP) is 1.71. The van der Waals surface area contributed by atoms with Gasteiger partial charge in [-0.1, -0.05) is 18.2 Å². The first-order valence-corrected chi connectivity index (χ1v) is 10.5. The standard InChI is InChI=1S/C19H23N3O4S/c1-25-14-11-16-19(17(12-14)22-9-7-20-8-10-22)26-18(13-21-16)27(23,24)15-5-3-2-4-6-15/h2-6,11-12,18,20-21H,7-10,13H2,1H3. The summed E-state index contributed by atoms with van der Waals surface area (Å²) in [6.45, 7) is 3.55. The van der Waals surface area contributed by atoms with Crippen molar-refractivity contribution in [2.24, 2.45) is 0 Å². The van der Waals surface area contributed by atoms with Gasteiger partial charge in [0.15, 0.2) is 5.75 Å². The van der Waals surface area contributed by atoms with Gasteiger partial charge in [-0.25, -0.2) is 8.42 Å². The Bertz CT molecular complexity index is 912. The number of ether oxygens (including phenoxy) is 2. The number of rotatable bonds is 4. The molecule has 2 aromatic carbocycles. The third kappa shape index (κ3) is 3.42. The highest BCUT2D eigenvalue weighted by Gasteiger charge is 2.35. The van der Waals surface area contributed by atoms with Crippen LogP contribution in [0.25, 0.3) is 0 Å². The van der Waals surface area contributed by atoms with E-state index in [0.29, 0.717) is 11.5 Å². The fourth-order valence-electron chi connectivity index (χ4n) is 3.40.